The molecule has 0 radical (unpaired) electrons. The number of hydrogen-bond acceptors (Lipinski definition) is 6. The molecule has 0 aliphatic rings. The van der Waals surface area contributed by atoms with E-state index in [0.717, 1.165) is 17.0 Å². The van der Waals surface area contributed by atoms with Crippen molar-refractivity contribution in [2.75, 3.05) is 12.9 Å². The van der Waals surface area contributed by atoms with Crippen LogP contribution in [0.4, 0.5) is 0 Å². The minimum absolute atomic E-state index is 0.0990. The van der Waals surface area contributed by atoms with Crippen LogP contribution in [0.1, 0.15) is 5.56 Å². The molecule has 0 aliphatic heterocycles. The van der Waals surface area contributed by atoms with Crippen LogP contribution in [0.25, 0.3) is 17.1 Å². The van der Waals surface area contributed by atoms with E-state index < -0.39 is 0 Å². The van der Waals surface area contributed by atoms with Crippen molar-refractivity contribution in [1.82, 2.24) is 20.2 Å². The summed E-state index contributed by atoms with van der Waals surface area (Å²) >= 11 is 13.2. The smallest absolute Gasteiger partial charge is 0.250 e. The number of ether oxygens (including phenoxy) is 1. The molecule has 10 heteroatoms. The van der Waals surface area contributed by atoms with Crippen LogP contribution in [-0.2, 0) is 4.79 Å². The fourth-order valence-corrected chi connectivity index (χ4v) is 4.09. The lowest BCUT2D eigenvalue weighted by atomic mass is 10.2. The second kappa shape index (κ2) is 11.2. The van der Waals surface area contributed by atoms with E-state index in [1.165, 1.54) is 18.0 Å². The highest BCUT2D eigenvalue weighted by atomic mass is 35.5. The van der Waals surface area contributed by atoms with Gasteiger partial charge in [0, 0.05) is 11.3 Å². The average molecular weight is 512 g/mol. The minimum atomic E-state index is -0.285. The Kier molecular flexibility index (Phi) is 7.84. The Labute approximate surface area is 210 Å². The molecule has 1 aromatic heterocycles. The van der Waals surface area contributed by atoms with Crippen molar-refractivity contribution in [1.29, 1.82) is 0 Å². The third kappa shape index (κ3) is 5.77. The third-order valence-electron chi connectivity index (χ3n) is 4.67. The number of thioether (sulfide) groups is 1. The summed E-state index contributed by atoms with van der Waals surface area (Å²) in [5.74, 6) is 1.23. The lowest BCUT2D eigenvalue weighted by Crippen LogP contribution is -2.20. The Bertz CT molecular complexity index is 1310. The molecule has 34 heavy (non-hydrogen) atoms. The molecule has 4 rings (SSSR count). The van der Waals surface area contributed by atoms with Crippen LogP contribution in [0.3, 0.4) is 0 Å². The fraction of sp³-hybridized carbons (Fsp3) is 0.0833. The maximum atomic E-state index is 12.4. The number of carbonyl (C=O) groups is 1. The molecule has 0 saturated carbocycles. The number of halogens is 2. The summed E-state index contributed by atoms with van der Waals surface area (Å²) in [4.78, 5) is 12.4. The third-order valence-corrected chi connectivity index (χ3v) is 6.34. The van der Waals surface area contributed by atoms with Crippen LogP contribution in [0.15, 0.2) is 83.1 Å². The van der Waals surface area contributed by atoms with Gasteiger partial charge in [-0.15, -0.1) is 10.2 Å². The lowest BCUT2D eigenvalue weighted by molar-refractivity contribution is -0.118. The van der Waals surface area contributed by atoms with Crippen LogP contribution >= 0.6 is 35.0 Å². The molecule has 1 N–H and O–H groups in total. The predicted octanol–water partition coefficient (Wildman–Crippen LogP) is 5.49. The van der Waals surface area contributed by atoms with Crippen molar-refractivity contribution >= 4 is 47.1 Å². The van der Waals surface area contributed by atoms with Gasteiger partial charge in [-0.25, -0.2) is 5.43 Å². The Morgan fingerprint density at radius 1 is 1.06 bits per heavy atom. The average Bonchev–Trinajstić information content (AvgIpc) is 3.29. The van der Waals surface area contributed by atoms with Gasteiger partial charge in [-0.1, -0.05) is 71.4 Å². The topological polar surface area (TPSA) is 81.4 Å². The first-order valence-corrected chi connectivity index (χ1v) is 11.8. The van der Waals surface area contributed by atoms with E-state index in [0.29, 0.717) is 26.6 Å². The van der Waals surface area contributed by atoms with Crippen LogP contribution in [0.5, 0.6) is 5.75 Å². The van der Waals surface area contributed by atoms with E-state index in [1.54, 1.807) is 25.3 Å². The number of hydrazone groups is 1. The first kappa shape index (κ1) is 23.8. The Balaban J connectivity index is 1.49. The van der Waals surface area contributed by atoms with Gasteiger partial charge in [0.05, 0.1) is 29.1 Å². The van der Waals surface area contributed by atoms with Crippen LogP contribution in [0.2, 0.25) is 10.0 Å². The van der Waals surface area contributed by atoms with Gasteiger partial charge in [0.2, 0.25) is 0 Å². The lowest BCUT2D eigenvalue weighted by Gasteiger charge is -2.11. The first-order valence-electron chi connectivity index (χ1n) is 10.1. The zero-order valence-corrected chi connectivity index (χ0v) is 20.3. The van der Waals surface area contributed by atoms with Crippen molar-refractivity contribution in [3.05, 3.63) is 88.4 Å². The second-order valence-electron chi connectivity index (χ2n) is 6.96. The highest BCUT2D eigenvalue weighted by Gasteiger charge is 2.17. The van der Waals surface area contributed by atoms with Crippen molar-refractivity contribution in [2.45, 2.75) is 5.16 Å². The number of amides is 1. The molecule has 0 spiro atoms. The van der Waals surface area contributed by atoms with Gasteiger partial charge < -0.3 is 4.74 Å². The number of carbonyl (C=O) groups excluding carboxylic acids is 1. The minimum Gasteiger partial charge on any atom is -0.497 e. The number of rotatable bonds is 8. The molecule has 0 unspecified atom stereocenters. The molecule has 1 amide bonds. The molecule has 1 heterocycles. The molecule has 7 nitrogen and oxygen atoms in total. The molecule has 0 aliphatic carbocycles. The predicted molar refractivity (Wildman–Crippen MR) is 136 cm³/mol. The number of aromatic nitrogens is 3. The normalized spacial score (nSPS) is 11.0. The van der Waals surface area contributed by atoms with Gasteiger partial charge in [0.25, 0.3) is 5.91 Å². The van der Waals surface area contributed by atoms with E-state index in [1.807, 2.05) is 59.2 Å². The molecule has 0 bridgehead atoms. The number of hydrogen-bond donors (Lipinski definition) is 1. The summed E-state index contributed by atoms with van der Waals surface area (Å²) in [5.41, 5.74) is 4.99. The second-order valence-corrected chi connectivity index (χ2v) is 8.72. The van der Waals surface area contributed by atoms with E-state index in [4.69, 9.17) is 27.9 Å². The quantitative estimate of drug-likeness (QED) is 0.192. The molecule has 0 fully saturated rings. The standard InChI is InChI=1S/C24H19Cl2N5O2S/c1-33-19-10-8-18(9-11-19)31-23(17-5-3-2-4-6-17)29-30-24(31)34-15-22(32)28-27-14-16-7-12-20(25)21(26)13-16/h2-14H,15H2,1H3,(H,28,32)/b27-14-. The van der Waals surface area contributed by atoms with Crippen LogP contribution in [0, 0.1) is 0 Å². The Morgan fingerprint density at radius 2 is 1.82 bits per heavy atom. The van der Waals surface area contributed by atoms with E-state index >= 15 is 0 Å². The highest BCUT2D eigenvalue weighted by Crippen LogP contribution is 2.28. The molecule has 0 saturated heterocycles. The molecule has 3 aromatic carbocycles. The summed E-state index contributed by atoms with van der Waals surface area (Å²) in [6.45, 7) is 0. The molecule has 0 atom stereocenters. The first-order chi connectivity index (χ1) is 16.5. The van der Waals surface area contributed by atoms with E-state index in [9.17, 15) is 4.79 Å². The fourth-order valence-electron chi connectivity index (χ4n) is 3.04. The van der Waals surface area contributed by atoms with Crippen molar-refractivity contribution < 1.29 is 9.53 Å². The summed E-state index contributed by atoms with van der Waals surface area (Å²) in [6, 6.07) is 22.4. The van der Waals surface area contributed by atoms with Crippen molar-refractivity contribution in [3.63, 3.8) is 0 Å². The Morgan fingerprint density at radius 3 is 2.53 bits per heavy atom. The van der Waals surface area contributed by atoms with Gasteiger partial charge in [-0.3, -0.25) is 9.36 Å². The molecule has 172 valence electrons. The maximum Gasteiger partial charge on any atom is 0.250 e. The zero-order chi connectivity index (χ0) is 23.9. The van der Waals surface area contributed by atoms with Crippen molar-refractivity contribution in [2.24, 2.45) is 5.10 Å². The van der Waals surface area contributed by atoms with Gasteiger partial charge >= 0.3 is 0 Å². The van der Waals surface area contributed by atoms with E-state index in [-0.39, 0.29) is 11.7 Å². The number of benzene rings is 3. The van der Waals surface area contributed by atoms with Gasteiger partial charge in [0.1, 0.15) is 5.75 Å². The highest BCUT2D eigenvalue weighted by molar-refractivity contribution is 7.99. The summed E-state index contributed by atoms with van der Waals surface area (Å²) in [7, 11) is 1.62. The number of nitrogens with zero attached hydrogens (tertiary/aromatic N) is 4. The van der Waals surface area contributed by atoms with Gasteiger partial charge in [-0.05, 0) is 42.0 Å². The van der Waals surface area contributed by atoms with Gasteiger partial charge in [0.15, 0.2) is 11.0 Å². The van der Waals surface area contributed by atoms with Crippen LogP contribution in [-0.4, -0.2) is 39.7 Å². The SMILES string of the molecule is COc1ccc(-n2c(SCC(=O)N/N=C\c3ccc(Cl)c(Cl)c3)nnc2-c2ccccc2)cc1. The summed E-state index contributed by atoms with van der Waals surface area (Å²) < 4.78 is 7.17. The largest absolute Gasteiger partial charge is 0.497 e. The Hall–Kier alpha value is -3.33. The maximum absolute atomic E-state index is 12.4. The van der Waals surface area contributed by atoms with E-state index in [2.05, 4.69) is 20.7 Å². The molecular weight excluding hydrogens is 493 g/mol. The van der Waals surface area contributed by atoms with Gasteiger partial charge in [-0.2, -0.15) is 5.10 Å². The van der Waals surface area contributed by atoms with Crippen LogP contribution < -0.4 is 10.2 Å². The number of nitrogens with one attached hydrogen (secondary N) is 1. The number of methoxy groups -OCH3 is 1. The molecular formula is C24H19Cl2N5O2S. The molecule has 4 aromatic rings. The monoisotopic (exact) mass is 511 g/mol. The zero-order valence-electron chi connectivity index (χ0n) is 18.0. The summed E-state index contributed by atoms with van der Waals surface area (Å²) in [6.07, 6.45) is 1.50. The van der Waals surface area contributed by atoms with Crippen molar-refractivity contribution in [3.8, 4) is 22.8 Å². The summed E-state index contributed by atoms with van der Waals surface area (Å²) in [5, 5.41) is 14.1.